The summed E-state index contributed by atoms with van der Waals surface area (Å²) in [7, 11) is 0. The van der Waals surface area contributed by atoms with Crippen LogP contribution in [-0.2, 0) is 4.74 Å². The van der Waals surface area contributed by atoms with Gasteiger partial charge in [-0.15, -0.1) is 0 Å². The average molecular weight is 228 g/mol. The number of amides is 1. The van der Waals surface area contributed by atoms with Gasteiger partial charge < -0.3 is 15.4 Å². The van der Waals surface area contributed by atoms with Gasteiger partial charge in [-0.05, 0) is 33.2 Å². The summed E-state index contributed by atoms with van der Waals surface area (Å²) in [6.07, 6.45) is -0.326. The first-order chi connectivity index (χ1) is 7.23. The minimum absolute atomic E-state index is 0.136. The van der Waals surface area contributed by atoms with E-state index in [9.17, 15) is 4.79 Å². The highest BCUT2D eigenvalue weighted by molar-refractivity contribution is 5.67. The molecule has 4 nitrogen and oxygen atoms in total. The Morgan fingerprint density at radius 3 is 2.62 bits per heavy atom. The van der Waals surface area contributed by atoms with Crippen LogP contribution in [0, 0.1) is 11.3 Å². The summed E-state index contributed by atoms with van der Waals surface area (Å²) in [5.41, 5.74) is -0.290. The molecule has 1 fully saturated rings. The lowest BCUT2D eigenvalue weighted by molar-refractivity contribution is 0.0498. The second kappa shape index (κ2) is 4.62. The molecular formula is C12H24N2O2. The molecule has 2 N–H and O–H groups in total. The summed E-state index contributed by atoms with van der Waals surface area (Å²) in [6, 6.07) is 0. The standard InChI is InChI=1S/C12H24N2O2/c1-9-6-13-7-12(9,5)8-14-10(15)16-11(2,3)4/h9,13H,6-8H2,1-5H3,(H,14,15)/t9-,12-/m1/s1. The SMILES string of the molecule is C[C@@H]1CNC[C@]1(C)CNC(=O)OC(C)(C)C. The van der Waals surface area contributed by atoms with Crippen molar-refractivity contribution < 1.29 is 9.53 Å². The molecule has 0 aliphatic carbocycles. The summed E-state index contributed by atoms with van der Waals surface area (Å²) in [5, 5.41) is 6.19. The third-order valence-corrected chi connectivity index (χ3v) is 3.20. The van der Waals surface area contributed by atoms with Crippen LogP contribution >= 0.6 is 0 Å². The van der Waals surface area contributed by atoms with Gasteiger partial charge in [0.1, 0.15) is 5.60 Å². The molecule has 0 saturated carbocycles. The van der Waals surface area contributed by atoms with E-state index in [2.05, 4.69) is 24.5 Å². The Morgan fingerprint density at radius 1 is 1.56 bits per heavy atom. The van der Waals surface area contributed by atoms with Crippen molar-refractivity contribution in [3.05, 3.63) is 0 Å². The number of carbonyl (C=O) groups excluding carboxylic acids is 1. The molecule has 94 valence electrons. The fourth-order valence-electron chi connectivity index (χ4n) is 1.82. The smallest absolute Gasteiger partial charge is 0.407 e. The Balaban J connectivity index is 2.37. The van der Waals surface area contributed by atoms with Gasteiger partial charge in [0.15, 0.2) is 0 Å². The van der Waals surface area contributed by atoms with Crippen molar-refractivity contribution >= 4 is 6.09 Å². The zero-order valence-corrected chi connectivity index (χ0v) is 11.0. The van der Waals surface area contributed by atoms with Gasteiger partial charge in [-0.2, -0.15) is 0 Å². The monoisotopic (exact) mass is 228 g/mol. The van der Waals surface area contributed by atoms with E-state index in [1.54, 1.807) is 0 Å². The van der Waals surface area contributed by atoms with E-state index in [0.717, 1.165) is 13.1 Å². The minimum Gasteiger partial charge on any atom is -0.444 e. The van der Waals surface area contributed by atoms with Crippen LogP contribution in [0.5, 0.6) is 0 Å². The number of carbonyl (C=O) groups is 1. The molecule has 0 aromatic heterocycles. The highest BCUT2D eigenvalue weighted by atomic mass is 16.6. The Kier molecular flexibility index (Phi) is 3.84. The Hall–Kier alpha value is -0.770. The van der Waals surface area contributed by atoms with Crippen molar-refractivity contribution in [2.24, 2.45) is 11.3 Å². The van der Waals surface area contributed by atoms with Crippen LogP contribution in [0.2, 0.25) is 0 Å². The number of alkyl carbamates (subject to hydrolysis) is 1. The summed E-state index contributed by atoms with van der Waals surface area (Å²) < 4.78 is 5.21. The number of rotatable bonds is 2. The molecule has 4 heteroatoms. The van der Waals surface area contributed by atoms with Crippen molar-refractivity contribution in [3.63, 3.8) is 0 Å². The zero-order valence-electron chi connectivity index (χ0n) is 11.0. The molecule has 1 aliphatic rings. The topological polar surface area (TPSA) is 50.4 Å². The van der Waals surface area contributed by atoms with E-state index in [-0.39, 0.29) is 11.5 Å². The van der Waals surface area contributed by atoms with E-state index in [4.69, 9.17) is 4.74 Å². The summed E-state index contributed by atoms with van der Waals surface area (Å²) >= 11 is 0. The second-order valence-electron chi connectivity index (χ2n) is 6.04. The maximum atomic E-state index is 11.5. The van der Waals surface area contributed by atoms with Crippen molar-refractivity contribution in [2.45, 2.75) is 40.2 Å². The van der Waals surface area contributed by atoms with Crippen molar-refractivity contribution in [2.75, 3.05) is 19.6 Å². The second-order valence-corrected chi connectivity index (χ2v) is 6.04. The van der Waals surface area contributed by atoms with E-state index in [1.165, 1.54) is 0 Å². The third kappa shape index (κ3) is 3.67. The Morgan fingerprint density at radius 2 is 2.19 bits per heavy atom. The van der Waals surface area contributed by atoms with Crippen LogP contribution in [0.15, 0.2) is 0 Å². The van der Waals surface area contributed by atoms with Crippen LogP contribution in [0.1, 0.15) is 34.6 Å². The average Bonchev–Trinajstić information content (AvgIpc) is 2.42. The molecule has 0 aromatic rings. The van der Waals surface area contributed by atoms with Gasteiger partial charge in [-0.3, -0.25) is 0 Å². The van der Waals surface area contributed by atoms with Gasteiger partial charge in [0.2, 0.25) is 0 Å². The van der Waals surface area contributed by atoms with Gasteiger partial charge in [0, 0.05) is 18.5 Å². The van der Waals surface area contributed by atoms with Crippen molar-refractivity contribution in [3.8, 4) is 0 Å². The third-order valence-electron chi connectivity index (χ3n) is 3.20. The molecular weight excluding hydrogens is 204 g/mol. The van der Waals surface area contributed by atoms with Gasteiger partial charge >= 0.3 is 6.09 Å². The van der Waals surface area contributed by atoms with Gasteiger partial charge in [0.25, 0.3) is 0 Å². The molecule has 1 heterocycles. The number of hydrogen-bond donors (Lipinski definition) is 2. The molecule has 2 atom stereocenters. The molecule has 0 bridgehead atoms. The van der Waals surface area contributed by atoms with E-state index in [1.807, 2.05) is 20.8 Å². The largest absolute Gasteiger partial charge is 0.444 e. The van der Waals surface area contributed by atoms with Gasteiger partial charge in [-0.1, -0.05) is 13.8 Å². The molecule has 16 heavy (non-hydrogen) atoms. The van der Waals surface area contributed by atoms with Gasteiger partial charge in [0.05, 0.1) is 0 Å². The molecule has 0 radical (unpaired) electrons. The Labute approximate surface area is 98.1 Å². The maximum absolute atomic E-state index is 11.5. The van der Waals surface area contributed by atoms with Crippen LogP contribution in [0.4, 0.5) is 4.79 Å². The van der Waals surface area contributed by atoms with Crippen molar-refractivity contribution in [1.29, 1.82) is 0 Å². The van der Waals surface area contributed by atoms with Crippen LogP contribution in [-0.4, -0.2) is 31.3 Å². The molecule has 1 aliphatic heterocycles. The van der Waals surface area contributed by atoms with E-state index < -0.39 is 5.60 Å². The lowest BCUT2D eigenvalue weighted by Gasteiger charge is -2.29. The fourth-order valence-corrected chi connectivity index (χ4v) is 1.82. The molecule has 0 unspecified atom stereocenters. The fraction of sp³-hybridized carbons (Fsp3) is 0.917. The van der Waals surface area contributed by atoms with Crippen LogP contribution < -0.4 is 10.6 Å². The zero-order chi connectivity index (χ0) is 12.4. The molecule has 1 rings (SSSR count). The number of ether oxygens (including phenoxy) is 1. The van der Waals surface area contributed by atoms with E-state index in [0.29, 0.717) is 12.5 Å². The Bertz CT molecular complexity index is 260. The first kappa shape index (κ1) is 13.3. The van der Waals surface area contributed by atoms with Gasteiger partial charge in [-0.25, -0.2) is 4.79 Å². The molecule has 1 amide bonds. The van der Waals surface area contributed by atoms with Crippen LogP contribution in [0.3, 0.4) is 0 Å². The van der Waals surface area contributed by atoms with Crippen molar-refractivity contribution in [1.82, 2.24) is 10.6 Å². The van der Waals surface area contributed by atoms with Crippen LogP contribution in [0.25, 0.3) is 0 Å². The first-order valence-electron chi connectivity index (χ1n) is 5.90. The maximum Gasteiger partial charge on any atom is 0.407 e. The summed E-state index contributed by atoms with van der Waals surface area (Å²) in [5.74, 6) is 0.572. The minimum atomic E-state index is -0.426. The number of nitrogens with one attached hydrogen (secondary N) is 2. The lowest BCUT2D eigenvalue weighted by atomic mass is 9.81. The molecule has 0 aromatic carbocycles. The van der Waals surface area contributed by atoms with E-state index >= 15 is 0 Å². The summed E-state index contributed by atoms with van der Waals surface area (Å²) in [4.78, 5) is 11.5. The quantitative estimate of drug-likeness (QED) is 0.757. The normalized spacial score (nSPS) is 30.2. The predicted molar refractivity (Wildman–Crippen MR) is 64.4 cm³/mol. The molecule has 0 spiro atoms. The highest BCUT2D eigenvalue weighted by Gasteiger charge is 2.36. The lowest BCUT2D eigenvalue weighted by Crippen LogP contribution is -2.42. The highest BCUT2D eigenvalue weighted by Crippen LogP contribution is 2.29. The molecule has 1 saturated heterocycles. The predicted octanol–water partition coefficient (Wildman–Crippen LogP) is 1.76. The summed E-state index contributed by atoms with van der Waals surface area (Å²) in [6.45, 7) is 12.6. The number of hydrogen-bond acceptors (Lipinski definition) is 3. The first-order valence-corrected chi connectivity index (χ1v) is 5.90.